The molecule has 3 atom stereocenters. The van der Waals surface area contributed by atoms with Gasteiger partial charge in [-0.15, -0.1) is 0 Å². The van der Waals surface area contributed by atoms with Gasteiger partial charge in [0.05, 0.1) is 6.10 Å². The van der Waals surface area contributed by atoms with Crippen LogP contribution in [0.4, 0.5) is 0 Å². The van der Waals surface area contributed by atoms with Crippen molar-refractivity contribution in [3.8, 4) is 0 Å². The average Bonchev–Trinajstić information content (AvgIpc) is 2.87. The van der Waals surface area contributed by atoms with Crippen LogP contribution in [0, 0.1) is 5.92 Å². The first-order chi connectivity index (χ1) is 9.17. The first-order valence-corrected chi connectivity index (χ1v) is 7.64. The fourth-order valence-electron chi connectivity index (χ4n) is 2.96. The Labute approximate surface area is 125 Å². The van der Waals surface area contributed by atoms with Crippen LogP contribution in [-0.4, -0.2) is 25.8 Å². The third-order valence-corrected chi connectivity index (χ3v) is 4.74. The average molecular weight is 302 g/mol. The molecule has 19 heavy (non-hydrogen) atoms. The normalized spacial score (nSPS) is 24.6. The zero-order chi connectivity index (χ0) is 13.8. The maximum atomic E-state index is 6.26. The third-order valence-electron chi connectivity index (χ3n) is 4.04. The van der Waals surface area contributed by atoms with E-state index in [9.17, 15) is 0 Å². The van der Waals surface area contributed by atoms with E-state index in [-0.39, 0.29) is 0 Å². The van der Waals surface area contributed by atoms with Crippen molar-refractivity contribution in [1.29, 1.82) is 0 Å². The van der Waals surface area contributed by atoms with E-state index in [1.807, 2.05) is 25.2 Å². The summed E-state index contributed by atoms with van der Waals surface area (Å²) in [5, 5.41) is 4.91. The van der Waals surface area contributed by atoms with Crippen molar-refractivity contribution in [1.82, 2.24) is 5.32 Å². The minimum Gasteiger partial charge on any atom is -0.378 e. The van der Waals surface area contributed by atoms with E-state index in [1.54, 1.807) is 0 Å². The molecule has 1 N–H and O–H groups in total. The number of likely N-dealkylation sites (N-methyl/N-ethyl adjacent to an activating group) is 1. The zero-order valence-corrected chi connectivity index (χ0v) is 13.0. The summed E-state index contributed by atoms with van der Waals surface area (Å²) in [7, 11) is 2.00. The summed E-state index contributed by atoms with van der Waals surface area (Å²) in [6.07, 6.45) is 3.35. The van der Waals surface area contributed by atoms with Crippen LogP contribution in [0.5, 0.6) is 0 Å². The second-order valence-corrected chi connectivity index (χ2v) is 5.88. The molecule has 0 amide bonds. The summed E-state index contributed by atoms with van der Waals surface area (Å²) in [6.45, 7) is 3.04. The Hall–Kier alpha value is -0.280. The Bertz CT molecular complexity index is 404. The minimum absolute atomic E-state index is 0.346. The number of halogens is 2. The molecule has 1 heterocycles. The monoisotopic (exact) mass is 301 g/mol. The van der Waals surface area contributed by atoms with E-state index < -0.39 is 0 Å². The fourth-order valence-corrected chi connectivity index (χ4v) is 3.51. The van der Waals surface area contributed by atoms with Crippen LogP contribution in [-0.2, 0) is 11.2 Å². The molecule has 2 nitrogen and oxygen atoms in total. The molecule has 1 aromatic rings. The summed E-state index contributed by atoms with van der Waals surface area (Å²) < 4.78 is 5.79. The Morgan fingerprint density at radius 3 is 2.63 bits per heavy atom. The van der Waals surface area contributed by atoms with Gasteiger partial charge in [0.2, 0.25) is 0 Å². The van der Waals surface area contributed by atoms with Crippen molar-refractivity contribution in [3.05, 3.63) is 33.8 Å². The molecule has 1 aliphatic heterocycles. The highest BCUT2D eigenvalue weighted by Crippen LogP contribution is 2.31. The lowest BCUT2D eigenvalue weighted by Gasteiger charge is -2.27. The van der Waals surface area contributed by atoms with E-state index in [0.717, 1.165) is 41.5 Å². The molecular weight excluding hydrogens is 281 g/mol. The Balaban J connectivity index is 2.15. The highest BCUT2D eigenvalue weighted by molar-refractivity contribution is 6.36. The summed E-state index contributed by atoms with van der Waals surface area (Å²) >= 11 is 12.5. The van der Waals surface area contributed by atoms with E-state index in [0.29, 0.717) is 18.1 Å². The molecule has 0 aromatic heterocycles. The van der Waals surface area contributed by atoms with Crippen molar-refractivity contribution in [2.75, 3.05) is 13.7 Å². The van der Waals surface area contributed by atoms with Gasteiger partial charge in [0, 0.05) is 28.6 Å². The molecule has 1 saturated heterocycles. The maximum absolute atomic E-state index is 6.26. The van der Waals surface area contributed by atoms with Crippen molar-refractivity contribution < 1.29 is 4.74 Å². The van der Waals surface area contributed by atoms with Gasteiger partial charge in [0.25, 0.3) is 0 Å². The highest BCUT2D eigenvalue weighted by Gasteiger charge is 2.33. The van der Waals surface area contributed by atoms with Crippen molar-refractivity contribution >= 4 is 23.2 Å². The van der Waals surface area contributed by atoms with Crippen molar-refractivity contribution in [2.24, 2.45) is 5.92 Å². The molecule has 0 aliphatic carbocycles. The topological polar surface area (TPSA) is 21.3 Å². The van der Waals surface area contributed by atoms with Gasteiger partial charge in [-0.25, -0.2) is 0 Å². The van der Waals surface area contributed by atoms with Gasteiger partial charge in [-0.05, 0) is 44.0 Å². The van der Waals surface area contributed by atoms with Gasteiger partial charge in [-0.1, -0.05) is 36.2 Å². The first kappa shape index (κ1) is 15.1. The Morgan fingerprint density at radius 2 is 2.05 bits per heavy atom. The zero-order valence-electron chi connectivity index (χ0n) is 11.5. The highest BCUT2D eigenvalue weighted by atomic mass is 35.5. The van der Waals surface area contributed by atoms with Crippen LogP contribution >= 0.6 is 23.2 Å². The molecule has 3 unspecified atom stereocenters. The van der Waals surface area contributed by atoms with Crippen molar-refractivity contribution in [2.45, 2.75) is 38.3 Å². The van der Waals surface area contributed by atoms with Crippen LogP contribution in [0.3, 0.4) is 0 Å². The second-order valence-electron chi connectivity index (χ2n) is 5.07. The van der Waals surface area contributed by atoms with Gasteiger partial charge in [0.1, 0.15) is 0 Å². The van der Waals surface area contributed by atoms with Crippen LogP contribution in [0.25, 0.3) is 0 Å². The van der Waals surface area contributed by atoms with Crippen LogP contribution in [0.1, 0.15) is 25.3 Å². The van der Waals surface area contributed by atoms with E-state index in [1.165, 1.54) is 0 Å². The first-order valence-electron chi connectivity index (χ1n) is 6.89. The Kier molecular flexibility index (Phi) is 5.52. The van der Waals surface area contributed by atoms with Gasteiger partial charge in [-0.2, -0.15) is 0 Å². The molecule has 2 rings (SSSR count). The van der Waals surface area contributed by atoms with Gasteiger partial charge in [-0.3, -0.25) is 0 Å². The van der Waals surface area contributed by atoms with Crippen LogP contribution in [0.15, 0.2) is 18.2 Å². The lowest BCUT2D eigenvalue weighted by atomic mass is 9.87. The molecule has 1 aliphatic rings. The Morgan fingerprint density at radius 1 is 1.37 bits per heavy atom. The minimum atomic E-state index is 0.346. The fraction of sp³-hybridized carbons (Fsp3) is 0.600. The van der Waals surface area contributed by atoms with Gasteiger partial charge < -0.3 is 10.1 Å². The predicted molar refractivity (Wildman–Crippen MR) is 81.2 cm³/mol. The van der Waals surface area contributed by atoms with Gasteiger partial charge >= 0.3 is 0 Å². The number of benzene rings is 1. The number of ether oxygens (including phenoxy) is 1. The summed E-state index contributed by atoms with van der Waals surface area (Å²) in [5.74, 6) is 0.530. The second kappa shape index (κ2) is 6.94. The SMILES string of the molecule is CCC1OCCC1C(Cc1c(Cl)cccc1Cl)NC. The lowest BCUT2D eigenvalue weighted by Crippen LogP contribution is -2.39. The number of hydrogen-bond acceptors (Lipinski definition) is 2. The largest absolute Gasteiger partial charge is 0.378 e. The standard InChI is InChI=1S/C15H21Cl2NO/c1-3-15-10(7-8-19-15)14(18-2)9-11-12(16)5-4-6-13(11)17/h4-6,10,14-15,18H,3,7-9H2,1-2H3. The van der Waals surface area contributed by atoms with Crippen molar-refractivity contribution in [3.63, 3.8) is 0 Å². The number of rotatable bonds is 5. The third kappa shape index (κ3) is 3.43. The van der Waals surface area contributed by atoms with Gasteiger partial charge in [0.15, 0.2) is 0 Å². The molecule has 106 valence electrons. The summed E-state index contributed by atoms with van der Waals surface area (Å²) in [4.78, 5) is 0. The quantitative estimate of drug-likeness (QED) is 0.889. The predicted octanol–water partition coefficient (Wildman–Crippen LogP) is 3.94. The van der Waals surface area contributed by atoms with E-state index in [4.69, 9.17) is 27.9 Å². The molecule has 1 fully saturated rings. The number of nitrogens with one attached hydrogen (secondary N) is 1. The molecule has 0 radical (unpaired) electrons. The van der Waals surface area contributed by atoms with E-state index in [2.05, 4.69) is 12.2 Å². The van der Waals surface area contributed by atoms with E-state index >= 15 is 0 Å². The summed E-state index contributed by atoms with van der Waals surface area (Å²) in [5.41, 5.74) is 1.03. The molecule has 4 heteroatoms. The molecule has 0 bridgehead atoms. The van der Waals surface area contributed by atoms with Crippen LogP contribution < -0.4 is 5.32 Å². The smallest absolute Gasteiger partial charge is 0.0616 e. The molecular formula is C15H21Cl2NO. The lowest BCUT2D eigenvalue weighted by molar-refractivity contribution is 0.0783. The maximum Gasteiger partial charge on any atom is 0.0616 e. The molecule has 0 spiro atoms. The summed E-state index contributed by atoms with van der Waals surface area (Å²) in [6, 6.07) is 6.04. The molecule has 1 aromatic carbocycles. The molecule has 0 saturated carbocycles. The van der Waals surface area contributed by atoms with Crippen LogP contribution in [0.2, 0.25) is 10.0 Å². The number of hydrogen-bond donors (Lipinski definition) is 1.